The fraction of sp³-hybridized carbons (Fsp3) is 0.200. The Balaban J connectivity index is 2.55. The molecule has 2 rings (SSSR count). The molecule has 12 heavy (non-hydrogen) atoms. The van der Waals surface area contributed by atoms with Gasteiger partial charge in [-0.25, -0.2) is 0 Å². The molecule has 0 fully saturated rings. The lowest BCUT2D eigenvalue weighted by Gasteiger charge is -1.92. The summed E-state index contributed by atoms with van der Waals surface area (Å²) in [6.07, 6.45) is 2.59. The quantitative estimate of drug-likeness (QED) is 0.731. The molecule has 1 heterocycles. The third-order valence-corrected chi connectivity index (χ3v) is 1.96. The summed E-state index contributed by atoms with van der Waals surface area (Å²) in [4.78, 5) is 0. The van der Waals surface area contributed by atoms with E-state index in [1.807, 2.05) is 18.2 Å². The average Bonchev–Trinajstić information content (AvgIpc) is 2.50. The van der Waals surface area contributed by atoms with Gasteiger partial charge in [-0.15, -0.1) is 0 Å². The summed E-state index contributed by atoms with van der Waals surface area (Å²) in [5.41, 5.74) is 5.45. The van der Waals surface area contributed by atoms with Crippen LogP contribution < -0.4 is 5.73 Å². The number of fused-ring (bicyclic) bond motifs is 1. The second-order valence-corrected chi connectivity index (χ2v) is 2.78. The number of hydrogen-bond acceptors (Lipinski definition) is 2. The number of hydrogen-bond donors (Lipinski definition) is 1. The first-order chi connectivity index (χ1) is 5.92. The van der Waals surface area contributed by atoms with Crippen molar-refractivity contribution in [2.24, 2.45) is 5.73 Å². The van der Waals surface area contributed by atoms with Crippen LogP contribution in [0.5, 0.6) is 0 Å². The van der Waals surface area contributed by atoms with Gasteiger partial charge < -0.3 is 10.2 Å². The van der Waals surface area contributed by atoms with Gasteiger partial charge in [0.25, 0.3) is 0 Å². The van der Waals surface area contributed by atoms with E-state index in [2.05, 4.69) is 6.07 Å². The maximum atomic E-state index is 5.45. The van der Waals surface area contributed by atoms with E-state index < -0.39 is 0 Å². The molecule has 1 aromatic heterocycles. The van der Waals surface area contributed by atoms with Crippen LogP contribution >= 0.6 is 0 Å². The van der Waals surface area contributed by atoms with Gasteiger partial charge in [0, 0.05) is 17.2 Å². The molecule has 2 N–H and O–H groups in total. The molecule has 2 heteroatoms. The fourth-order valence-corrected chi connectivity index (χ4v) is 1.38. The number of benzene rings is 1. The molecule has 0 bridgehead atoms. The molecule has 0 radical (unpaired) electrons. The molecule has 0 aliphatic heterocycles. The number of nitrogens with two attached hydrogens (primary N) is 1. The molecule has 2 nitrogen and oxygen atoms in total. The molecular weight excluding hydrogens is 150 g/mol. The van der Waals surface area contributed by atoms with Gasteiger partial charge >= 0.3 is 0 Å². The van der Waals surface area contributed by atoms with Crippen LogP contribution in [0, 0.1) is 0 Å². The maximum absolute atomic E-state index is 5.45. The largest absolute Gasteiger partial charge is 0.468 e. The monoisotopic (exact) mass is 161 g/mol. The highest BCUT2D eigenvalue weighted by atomic mass is 16.3. The van der Waals surface area contributed by atoms with Gasteiger partial charge in [-0.1, -0.05) is 24.3 Å². The van der Waals surface area contributed by atoms with Crippen molar-refractivity contribution in [3.05, 3.63) is 36.3 Å². The summed E-state index contributed by atoms with van der Waals surface area (Å²) in [6.45, 7) is 0.636. The van der Waals surface area contributed by atoms with E-state index in [0.717, 1.165) is 17.6 Å². The highest BCUT2D eigenvalue weighted by Gasteiger charge is 2.02. The van der Waals surface area contributed by atoms with Crippen molar-refractivity contribution >= 4 is 10.8 Å². The highest BCUT2D eigenvalue weighted by Crippen LogP contribution is 2.20. The first kappa shape index (κ1) is 7.37. The van der Waals surface area contributed by atoms with Gasteiger partial charge in [0.1, 0.15) is 5.76 Å². The molecule has 0 unspecified atom stereocenters. The summed E-state index contributed by atoms with van der Waals surface area (Å²) < 4.78 is 5.38. The van der Waals surface area contributed by atoms with E-state index in [1.54, 1.807) is 6.26 Å². The first-order valence-corrected chi connectivity index (χ1v) is 4.07. The zero-order valence-electron chi connectivity index (χ0n) is 6.79. The Morgan fingerprint density at radius 2 is 2.08 bits per heavy atom. The summed E-state index contributed by atoms with van der Waals surface area (Å²) >= 11 is 0. The predicted octanol–water partition coefficient (Wildman–Crippen LogP) is 1.93. The number of rotatable bonds is 2. The SMILES string of the molecule is NCCc1occ2ccccc12. The van der Waals surface area contributed by atoms with Crippen LogP contribution in [0.4, 0.5) is 0 Å². The van der Waals surface area contributed by atoms with Crippen molar-refractivity contribution in [1.82, 2.24) is 0 Å². The minimum atomic E-state index is 0.636. The van der Waals surface area contributed by atoms with E-state index in [-0.39, 0.29) is 0 Å². The van der Waals surface area contributed by atoms with Gasteiger partial charge in [-0.05, 0) is 6.54 Å². The maximum Gasteiger partial charge on any atom is 0.112 e. The van der Waals surface area contributed by atoms with Crippen LogP contribution in [-0.4, -0.2) is 6.54 Å². The molecule has 0 aliphatic carbocycles. The van der Waals surface area contributed by atoms with E-state index in [9.17, 15) is 0 Å². The molecule has 62 valence electrons. The van der Waals surface area contributed by atoms with E-state index in [0.29, 0.717) is 6.54 Å². The van der Waals surface area contributed by atoms with Crippen molar-refractivity contribution < 1.29 is 4.42 Å². The van der Waals surface area contributed by atoms with Crippen molar-refractivity contribution in [1.29, 1.82) is 0 Å². The zero-order valence-corrected chi connectivity index (χ0v) is 6.79. The van der Waals surface area contributed by atoms with Crippen molar-refractivity contribution in [3.63, 3.8) is 0 Å². The first-order valence-electron chi connectivity index (χ1n) is 4.07. The fourth-order valence-electron chi connectivity index (χ4n) is 1.38. The Bertz CT molecular complexity index is 378. The molecule has 0 aliphatic rings. The van der Waals surface area contributed by atoms with Crippen LogP contribution in [0.25, 0.3) is 10.8 Å². The summed E-state index contributed by atoms with van der Waals surface area (Å²) in [6, 6.07) is 8.12. The summed E-state index contributed by atoms with van der Waals surface area (Å²) in [7, 11) is 0. The third-order valence-electron chi connectivity index (χ3n) is 1.96. The number of furan rings is 1. The summed E-state index contributed by atoms with van der Waals surface area (Å²) in [5.74, 6) is 0.994. The Morgan fingerprint density at radius 3 is 2.92 bits per heavy atom. The molecule has 0 saturated carbocycles. The second kappa shape index (κ2) is 2.99. The Hall–Kier alpha value is -1.28. The van der Waals surface area contributed by atoms with Gasteiger partial charge in [0.2, 0.25) is 0 Å². The van der Waals surface area contributed by atoms with Crippen LogP contribution in [0.15, 0.2) is 34.9 Å². The molecule has 0 amide bonds. The second-order valence-electron chi connectivity index (χ2n) is 2.78. The minimum Gasteiger partial charge on any atom is -0.468 e. The van der Waals surface area contributed by atoms with Crippen molar-refractivity contribution in [2.75, 3.05) is 6.54 Å². The highest BCUT2D eigenvalue weighted by molar-refractivity contribution is 5.83. The van der Waals surface area contributed by atoms with Gasteiger partial charge in [0.15, 0.2) is 0 Å². The molecule has 0 spiro atoms. The zero-order chi connectivity index (χ0) is 8.39. The van der Waals surface area contributed by atoms with Gasteiger partial charge in [0.05, 0.1) is 6.26 Å². The van der Waals surface area contributed by atoms with E-state index in [1.165, 1.54) is 5.39 Å². The third kappa shape index (κ3) is 1.10. The van der Waals surface area contributed by atoms with E-state index in [4.69, 9.17) is 10.2 Å². The van der Waals surface area contributed by atoms with Crippen LogP contribution in [-0.2, 0) is 6.42 Å². The van der Waals surface area contributed by atoms with Crippen molar-refractivity contribution in [3.8, 4) is 0 Å². The van der Waals surface area contributed by atoms with E-state index >= 15 is 0 Å². The Labute approximate surface area is 71.0 Å². The molecule has 1 aromatic carbocycles. The van der Waals surface area contributed by atoms with Crippen LogP contribution in [0.1, 0.15) is 5.76 Å². The minimum absolute atomic E-state index is 0.636. The lowest BCUT2D eigenvalue weighted by Crippen LogP contribution is -2.01. The smallest absolute Gasteiger partial charge is 0.112 e. The van der Waals surface area contributed by atoms with Gasteiger partial charge in [-0.3, -0.25) is 0 Å². The van der Waals surface area contributed by atoms with Crippen LogP contribution in [0.3, 0.4) is 0 Å². The topological polar surface area (TPSA) is 39.2 Å². The molecule has 2 aromatic rings. The molecule has 0 atom stereocenters. The summed E-state index contributed by atoms with van der Waals surface area (Å²) in [5, 5.41) is 2.34. The van der Waals surface area contributed by atoms with Crippen LogP contribution in [0.2, 0.25) is 0 Å². The predicted molar refractivity (Wildman–Crippen MR) is 49.0 cm³/mol. The standard InChI is InChI=1S/C10H11NO/c11-6-5-10-9-4-2-1-3-8(9)7-12-10/h1-4,7H,5-6,11H2. The Kier molecular flexibility index (Phi) is 1.84. The lowest BCUT2D eigenvalue weighted by molar-refractivity contribution is 0.516. The normalized spacial score (nSPS) is 10.8. The average molecular weight is 161 g/mol. The molecular formula is C10H11NO. The lowest BCUT2D eigenvalue weighted by atomic mass is 10.1. The molecule has 0 saturated heterocycles. The van der Waals surface area contributed by atoms with Gasteiger partial charge in [-0.2, -0.15) is 0 Å². The Morgan fingerprint density at radius 1 is 1.25 bits per heavy atom. The van der Waals surface area contributed by atoms with Crippen molar-refractivity contribution in [2.45, 2.75) is 6.42 Å².